The van der Waals surface area contributed by atoms with E-state index < -0.39 is 0 Å². The van der Waals surface area contributed by atoms with Gasteiger partial charge in [-0.3, -0.25) is 4.79 Å². The molecule has 182 valence electrons. The van der Waals surface area contributed by atoms with Crippen molar-refractivity contribution < 1.29 is 9.53 Å². The van der Waals surface area contributed by atoms with Crippen LogP contribution in [0.5, 0.6) is 5.88 Å². The first kappa shape index (κ1) is 23.1. The molecule has 1 amide bonds. The quantitative estimate of drug-likeness (QED) is 0.565. The van der Waals surface area contributed by atoms with Crippen molar-refractivity contribution in [2.45, 2.75) is 45.6 Å². The van der Waals surface area contributed by atoms with E-state index in [1.54, 1.807) is 6.20 Å². The van der Waals surface area contributed by atoms with E-state index >= 15 is 0 Å². The molecule has 8 heteroatoms. The minimum absolute atomic E-state index is 0.00328. The van der Waals surface area contributed by atoms with Crippen LogP contribution in [0.1, 0.15) is 47.3 Å². The van der Waals surface area contributed by atoms with E-state index in [-0.39, 0.29) is 12.0 Å². The van der Waals surface area contributed by atoms with Gasteiger partial charge in [-0.05, 0) is 57.7 Å². The second-order valence-corrected chi connectivity index (χ2v) is 9.37. The zero-order valence-corrected chi connectivity index (χ0v) is 20.4. The van der Waals surface area contributed by atoms with Gasteiger partial charge in [0, 0.05) is 55.9 Å². The van der Waals surface area contributed by atoms with E-state index in [2.05, 4.69) is 39.2 Å². The summed E-state index contributed by atoms with van der Waals surface area (Å²) in [6, 6.07) is 13.8. The Labute approximate surface area is 206 Å². The monoisotopic (exact) mass is 472 g/mol. The number of rotatable bonds is 6. The van der Waals surface area contributed by atoms with Crippen molar-refractivity contribution in [1.82, 2.24) is 19.9 Å². The van der Waals surface area contributed by atoms with Crippen LogP contribution in [0.4, 0.5) is 17.5 Å². The number of hydrogen-bond donors (Lipinski definition) is 1. The SMILES string of the molecule is Cc1ccc(Nc2cc(C)nc(N3CCN(C(=O)c4ccc(OC5CCCC5)nc4)CC3)n2)cc1. The van der Waals surface area contributed by atoms with Gasteiger partial charge in [-0.1, -0.05) is 17.7 Å². The Balaban J connectivity index is 1.18. The maximum atomic E-state index is 13.0. The number of nitrogens with one attached hydrogen (secondary N) is 1. The fraction of sp³-hybridized carbons (Fsp3) is 0.407. The van der Waals surface area contributed by atoms with Crippen LogP contribution in [-0.4, -0.2) is 58.0 Å². The first-order valence-electron chi connectivity index (χ1n) is 12.4. The molecule has 2 aliphatic rings. The Kier molecular flexibility index (Phi) is 6.79. The van der Waals surface area contributed by atoms with Crippen LogP contribution in [0.3, 0.4) is 0 Å². The smallest absolute Gasteiger partial charge is 0.255 e. The zero-order chi connectivity index (χ0) is 24.2. The molecule has 1 aromatic carbocycles. The molecule has 1 aliphatic carbocycles. The highest BCUT2D eigenvalue weighted by Gasteiger charge is 2.24. The predicted molar refractivity (Wildman–Crippen MR) is 136 cm³/mol. The van der Waals surface area contributed by atoms with E-state index in [0.29, 0.717) is 43.6 Å². The van der Waals surface area contributed by atoms with Crippen LogP contribution < -0.4 is 15.0 Å². The van der Waals surface area contributed by atoms with Crippen molar-refractivity contribution in [3.63, 3.8) is 0 Å². The second kappa shape index (κ2) is 10.3. The summed E-state index contributed by atoms with van der Waals surface area (Å²) in [5.74, 6) is 2.05. The molecule has 1 N–H and O–H groups in total. The number of ether oxygens (including phenoxy) is 1. The van der Waals surface area contributed by atoms with E-state index in [0.717, 1.165) is 30.0 Å². The number of piperazine rings is 1. The third-order valence-corrected chi connectivity index (χ3v) is 6.59. The third kappa shape index (κ3) is 5.70. The number of nitrogens with zero attached hydrogens (tertiary/aromatic N) is 5. The van der Waals surface area contributed by atoms with E-state index in [4.69, 9.17) is 9.72 Å². The molecule has 3 heterocycles. The maximum Gasteiger partial charge on any atom is 0.255 e. The molecule has 0 spiro atoms. The van der Waals surface area contributed by atoms with E-state index in [1.807, 2.05) is 42.2 Å². The minimum atomic E-state index is -0.00328. The van der Waals surface area contributed by atoms with Crippen molar-refractivity contribution in [3.05, 3.63) is 65.5 Å². The molecule has 8 nitrogen and oxygen atoms in total. The highest BCUT2D eigenvalue weighted by Crippen LogP contribution is 2.24. The number of pyridine rings is 1. The van der Waals surface area contributed by atoms with Gasteiger partial charge in [0.25, 0.3) is 5.91 Å². The molecule has 2 fully saturated rings. The number of carbonyl (C=O) groups is 1. The molecule has 0 bridgehead atoms. The fourth-order valence-electron chi connectivity index (χ4n) is 4.59. The molecule has 0 unspecified atom stereocenters. The van der Waals surface area contributed by atoms with Gasteiger partial charge in [0.05, 0.1) is 5.56 Å². The molecule has 1 saturated heterocycles. The lowest BCUT2D eigenvalue weighted by atomic mass is 10.2. The van der Waals surface area contributed by atoms with Crippen LogP contribution in [0, 0.1) is 13.8 Å². The van der Waals surface area contributed by atoms with Crippen LogP contribution >= 0.6 is 0 Å². The van der Waals surface area contributed by atoms with Gasteiger partial charge in [-0.15, -0.1) is 0 Å². The summed E-state index contributed by atoms with van der Waals surface area (Å²) in [5.41, 5.74) is 3.69. The Morgan fingerprint density at radius 2 is 1.71 bits per heavy atom. The molecule has 1 aliphatic heterocycles. The number of anilines is 3. The Morgan fingerprint density at radius 1 is 0.971 bits per heavy atom. The lowest BCUT2D eigenvalue weighted by molar-refractivity contribution is 0.0745. The lowest BCUT2D eigenvalue weighted by Gasteiger charge is -2.35. The van der Waals surface area contributed by atoms with Gasteiger partial charge >= 0.3 is 0 Å². The summed E-state index contributed by atoms with van der Waals surface area (Å²) in [5, 5.41) is 3.37. The molecule has 0 radical (unpaired) electrons. The summed E-state index contributed by atoms with van der Waals surface area (Å²) in [6.45, 7) is 6.61. The molecule has 3 aromatic rings. The maximum absolute atomic E-state index is 13.0. The second-order valence-electron chi connectivity index (χ2n) is 9.37. The highest BCUT2D eigenvalue weighted by atomic mass is 16.5. The van der Waals surface area contributed by atoms with Crippen molar-refractivity contribution in [3.8, 4) is 5.88 Å². The molecule has 0 atom stereocenters. The molecular weight excluding hydrogens is 440 g/mol. The average Bonchev–Trinajstić information content (AvgIpc) is 3.38. The summed E-state index contributed by atoms with van der Waals surface area (Å²) in [7, 11) is 0. The number of amides is 1. The van der Waals surface area contributed by atoms with Crippen molar-refractivity contribution in [1.29, 1.82) is 0 Å². The van der Waals surface area contributed by atoms with Gasteiger partial charge in [-0.25, -0.2) is 9.97 Å². The van der Waals surface area contributed by atoms with Crippen LogP contribution in [0.2, 0.25) is 0 Å². The van der Waals surface area contributed by atoms with Crippen LogP contribution in [-0.2, 0) is 0 Å². The van der Waals surface area contributed by atoms with Crippen LogP contribution in [0.25, 0.3) is 0 Å². The summed E-state index contributed by atoms with van der Waals surface area (Å²) < 4.78 is 5.92. The minimum Gasteiger partial charge on any atom is -0.474 e. The number of carbonyl (C=O) groups excluding carboxylic acids is 1. The van der Waals surface area contributed by atoms with E-state index in [1.165, 1.54) is 18.4 Å². The first-order chi connectivity index (χ1) is 17.0. The summed E-state index contributed by atoms with van der Waals surface area (Å²) in [4.78, 5) is 30.8. The molecule has 35 heavy (non-hydrogen) atoms. The standard InChI is InChI=1S/C27H32N6O2/c1-19-7-10-22(11-8-19)30-24-17-20(2)29-27(31-24)33-15-13-32(14-16-33)26(34)21-9-12-25(28-18-21)35-23-5-3-4-6-23/h7-12,17-18,23H,3-6,13-16H2,1-2H3,(H,29,30,31). The number of benzene rings is 1. The van der Waals surface area contributed by atoms with E-state index in [9.17, 15) is 4.79 Å². The van der Waals surface area contributed by atoms with Crippen molar-refractivity contribution in [2.75, 3.05) is 36.4 Å². The average molecular weight is 473 g/mol. The third-order valence-electron chi connectivity index (χ3n) is 6.59. The van der Waals surface area contributed by atoms with Crippen molar-refractivity contribution >= 4 is 23.4 Å². The van der Waals surface area contributed by atoms with Crippen LogP contribution in [0.15, 0.2) is 48.7 Å². The Bertz CT molecular complexity index is 1150. The predicted octanol–water partition coefficient (Wildman–Crippen LogP) is 4.52. The molecule has 2 aromatic heterocycles. The lowest BCUT2D eigenvalue weighted by Crippen LogP contribution is -2.49. The Hall–Kier alpha value is -3.68. The number of hydrogen-bond acceptors (Lipinski definition) is 7. The number of aryl methyl sites for hydroxylation is 2. The van der Waals surface area contributed by atoms with Crippen molar-refractivity contribution in [2.24, 2.45) is 0 Å². The normalized spacial score (nSPS) is 16.4. The van der Waals surface area contributed by atoms with Gasteiger partial charge < -0.3 is 19.9 Å². The highest BCUT2D eigenvalue weighted by molar-refractivity contribution is 5.94. The summed E-state index contributed by atoms with van der Waals surface area (Å²) in [6.07, 6.45) is 6.48. The molecule has 5 rings (SSSR count). The largest absolute Gasteiger partial charge is 0.474 e. The first-order valence-corrected chi connectivity index (χ1v) is 12.4. The fourth-order valence-corrected chi connectivity index (χ4v) is 4.59. The molecule has 1 saturated carbocycles. The van der Waals surface area contributed by atoms with Gasteiger partial charge in [0.2, 0.25) is 11.8 Å². The Morgan fingerprint density at radius 3 is 2.40 bits per heavy atom. The number of aromatic nitrogens is 3. The topological polar surface area (TPSA) is 83.5 Å². The summed E-state index contributed by atoms with van der Waals surface area (Å²) >= 11 is 0. The van der Waals surface area contributed by atoms with Gasteiger partial charge in [0.1, 0.15) is 11.9 Å². The molecular formula is C27H32N6O2. The zero-order valence-electron chi connectivity index (χ0n) is 20.4. The van der Waals surface area contributed by atoms with Gasteiger partial charge in [0.15, 0.2) is 0 Å². The van der Waals surface area contributed by atoms with Gasteiger partial charge in [-0.2, -0.15) is 4.98 Å².